The minimum atomic E-state index is -3.84. The number of methoxy groups -OCH3 is 1. The van der Waals surface area contributed by atoms with Gasteiger partial charge in [-0.05, 0) is 66.9 Å². The maximum atomic E-state index is 13.8. The predicted molar refractivity (Wildman–Crippen MR) is 161 cm³/mol. The van der Waals surface area contributed by atoms with Gasteiger partial charge in [-0.15, -0.1) is 0 Å². The van der Waals surface area contributed by atoms with Gasteiger partial charge in [-0.25, -0.2) is 8.42 Å². The number of carbonyl (C=O) groups is 2. The van der Waals surface area contributed by atoms with E-state index < -0.39 is 28.5 Å². The van der Waals surface area contributed by atoms with Gasteiger partial charge >= 0.3 is 0 Å². The molecule has 0 radical (unpaired) electrons. The largest absolute Gasteiger partial charge is 0.497 e. The van der Waals surface area contributed by atoms with E-state index in [1.54, 1.807) is 43.5 Å². The van der Waals surface area contributed by atoms with Crippen molar-refractivity contribution in [2.24, 2.45) is 0 Å². The molecule has 0 aliphatic rings. The number of hydrogen-bond donors (Lipinski definition) is 1. The number of hydrogen-bond acceptors (Lipinski definition) is 6. The number of para-hydroxylation sites is 1. The van der Waals surface area contributed by atoms with Crippen molar-refractivity contribution in [1.29, 1.82) is 0 Å². The van der Waals surface area contributed by atoms with Crippen LogP contribution >= 0.6 is 0 Å². The maximum Gasteiger partial charge on any atom is 0.244 e. The van der Waals surface area contributed by atoms with Gasteiger partial charge in [-0.1, -0.05) is 50.6 Å². The van der Waals surface area contributed by atoms with E-state index in [0.29, 0.717) is 35.9 Å². The third-order valence-electron chi connectivity index (χ3n) is 6.51. The molecule has 0 heterocycles. The van der Waals surface area contributed by atoms with E-state index in [1.807, 2.05) is 56.3 Å². The molecule has 0 aromatic heterocycles. The topological polar surface area (TPSA) is 105 Å². The molecule has 0 saturated heterocycles. The van der Waals surface area contributed by atoms with Crippen molar-refractivity contribution in [3.8, 4) is 17.2 Å². The summed E-state index contributed by atoms with van der Waals surface area (Å²) in [5.41, 5.74) is 1.10. The Morgan fingerprint density at radius 2 is 1.49 bits per heavy atom. The second kappa shape index (κ2) is 15.1. The second-order valence-corrected chi connectivity index (χ2v) is 11.5. The van der Waals surface area contributed by atoms with Crippen LogP contribution in [0.4, 0.5) is 5.69 Å². The molecule has 9 nitrogen and oxygen atoms in total. The number of unbranched alkanes of at least 4 members (excludes halogenated alkanes) is 1. The lowest BCUT2D eigenvalue weighted by molar-refractivity contribution is -0.140. The Kier molecular flexibility index (Phi) is 11.6. The van der Waals surface area contributed by atoms with E-state index in [0.717, 1.165) is 29.0 Å². The van der Waals surface area contributed by atoms with Crippen LogP contribution in [0, 0.1) is 0 Å². The van der Waals surface area contributed by atoms with E-state index in [1.165, 1.54) is 4.90 Å². The fourth-order valence-electron chi connectivity index (χ4n) is 4.27. The van der Waals surface area contributed by atoms with E-state index >= 15 is 0 Å². The van der Waals surface area contributed by atoms with Crippen molar-refractivity contribution < 1.29 is 27.5 Å². The number of rotatable bonds is 15. The average molecular weight is 582 g/mol. The van der Waals surface area contributed by atoms with Crippen LogP contribution in [0.5, 0.6) is 17.2 Å². The molecule has 0 aliphatic carbocycles. The van der Waals surface area contributed by atoms with Gasteiger partial charge in [0.2, 0.25) is 21.8 Å². The van der Waals surface area contributed by atoms with Gasteiger partial charge in [-0.2, -0.15) is 0 Å². The number of nitrogens with zero attached hydrogens (tertiary/aromatic N) is 2. The van der Waals surface area contributed by atoms with Crippen LogP contribution in [0.15, 0.2) is 78.9 Å². The zero-order valence-electron chi connectivity index (χ0n) is 24.1. The molecule has 2 amide bonds. The Bertz CT molecular complexity index is 1360. The normalized spacial score (nSPS) is 11.8. The van der Waals surface area contributed by atoms with Gasteiger partial charge in [0.25, 0.3) is 0 Å². The summed E-state index contributed by atoms with van der Waals surface area (Å²) in [6.45, 7) is 4.03. The molecular weight excluding hydrogens is 542 g/mol. The first-order valence-electron chi connectivity index (χ1n) is 13.7. The molecular formula is C31H39N3O6S. The SMILES string of the molecule is CCCCNC(=O)[C@@H](CC)N(Cc1ccc(OC)cc1)C(=O)CN(c1ccc(Oc2ccccc2)cc1)S(C)(=O)=O. The second-order valence-electron chi connectivity index (χ2n) is 9.62. The minimum Gasteiger partial charge on any atom is -0.497 e. The monoisotopic (exact) mass is 581 g/mol. The van der Waals surface area contributed by atoms with Crippen LogP contribution in [0.1, 0.15) is 38.7 Å². The van der Waals surface area contributed by atoms with E-state index in [9.17, 15) is 18.0 Å². The highest BCUT2D eigenvalue weighted by Crippen LogP contribution is 2.26. The minimum absolute atomic E-state index is 0.129. The van der Waals surface area contributed by atoms with Crippen molar-refractivity contribution in [1.82, 2.24) is 10.2 Å². The fraction of sp³-hybridized carbons (Fsp3) is 0.355. The number of anilines is 1. The zero-order chi connectivity index (χ0) is 29.8. The lowest BCUT2D eigenvalue weighted by Crippen LogP contribution is -2.52. The molecule has 1 N–H and O–H groups in total. The molecule has 0 bridgehead atoms. The highest BCUT2D eigenvalue weighted by molar-refractivity contribution is 7.92. The summed E-state index contributed by atoms with van der Waals surface area (Å²) < 4.78 is 37.8. The lowest BCUT2D eigenvalue weighted by Gasteiger charge is -2.33. The summed E-state index contributed by atoms with van der Waals surface area (Å²) in [4.78, 5) is 28.4. The lowest BCUT2D eigenvalue weighted by atomic mass is 10.1. The van der Waals surface area contributed by atoms with Crippen molar-refractivity contribution >= 4 is 27.5 Å². The first kappa shape index (κ1) is 31.5. The average Bonchev–Trinajstić information content (AvgIpc) is 2.96. The molecule has 3 aromatic carbocycles. The summed E-state index contributed by atoms with van der Waals surface area (Å²) in [5.74, 6) is 1.08. The molecule has 220 valence electrons. The summed E-state index contributed by atoms with van der Waals surface area (Å²) in [5, 5.41) is 2.92. The number of amides is 2. The van der Waals surface area contributed by atoms with Crippen molar-refractivity contribution in [2.45, 2.75) is 45.7 Å². The van der Waals surface area contributed by atoms with E-state index in [-0.39, 0.29) is 12.5 Å². The molecule has 3 aromatic rings. The number of sulfonamides is 1. The first-order valence-corrected chi connectivity index (χ1v) is 15.5. The number of benzene rings is 3. The molecule has 1 atom stereocenters. The zero-order valence-corrected chi connectivity index (χ0v) is 24.9. The third kappa shape index (κ3) is 9.24. The first-order chi connectivity index (χ1) is 19.7. The van der Waals surface area contributed by atoms with Crippen LogP contribution in [0.3, 0.4) is 0 Å². The van der Waals surface area contributed by atoms with Crippen molar-refractivity contribution in [3.63, 3.8) is 0 Å². The third-order valence-corrected chi connectivity index (χ3v) is 7.65. The van der Waals surface area contributed by atoms with Crippen LogP contribution < -0.4 is 19.1 Å². The summed E-state index contributed by atoms with van der Waals surface area (Å²) in [6.07, 6.45) is 3.16. The molecule has 3 rings (SSSR count). The maximum absolute atomic E-state index is 13.8. The predicted octanol–water partition coefficient (Wildman–Crippen LogP) is 4.98. The molecule has 0 fully saturated rings. The standard InChI is InChI=1S/C31H39N3O6S/c1-5-7-21-32-31(36)29(6-2)33(22-24-13-17-26(39-3)18-14-24)30(35)23-34(41(4,37)38)25-15-19-28(20-16-25)40-27-11-9-8-10-12-27/h8-20,29H,5-7,21-23H2,1-4H3,(H,32,36)/t29-/m1/s1. The summed E-state index contributed by atoms with van der Waals surface area (Å²) in [7, 11) is -2.27. The van der Waals surface area contributed by atoms with Gasteiger partial charge in [0.15, 0.2) is 0 Å². The number of ether oxygens (including phenoxy) is 2. The molecule has 0 unspecified atom stereocenters. The van der Waals surface area contributed by atoms with Crippen LogP contribution in [0.2, 0.25) is 0 Å². The summed E-state index contributed by atoms with van der Waals surface area (Å²) in [6, 6.07) is 22.1. The Hall–Kier alpha value is -4.05. The van der Waals surface area contributed by atoms with Crippen molar-refractivity contribution in [3.05, 3.63) is 84.4 Å². The Labute approximate surface area is 243 Å². The Balaban J connectivity index is 1.87. The summed E-state index contributed by atoms with van der Waals surface area (Å²) >= 11 is 0. The van der Waals surface area contributed by atoms with Crippen LogP contribution in [0.25, 0.3) is 0 Å². The molecule has 10 heteroatoms. The quantitative estimate of drug-likeness (QED) is 0.254. The highest BCUT2D eigenvalue weighted by atomic mass is 32.2. The number of nitrogens with one attached hydrogen (secondary N) is 1. The van der Waals surface area contributed by atoms with Gasteiger partial charge < -0.3 is 19.7 Å². The smallest absolute Gasteiger partial charge is 0.244 e. The molecule has 0 aliphatic heterocycles. The van der Waals surface area contributed by atoms with Crippen LogP contribution in [-0.2, 0) is 26.2 Å². The van der Waals surface area contributed by atoms with Gasteiger partial charge in [0.05, 0.1) is 19.1 Å². The van der Waals surface area contributed by atoms with Crippen LogP contribution in [-0.4, -0.2) is 57.6 Å². The van der Waals surface area contributed by atoms with Crippen molar-refractivity contribution in [2.75, 3.05) is 30.8 Å². The highest BCUT2D eigenvalue weighted by Gasteiger charge is 2.31. The van der Waals surface area contributed by atoms with Gasteiger partial charge in [-0.3, -0.25) is 13.9 Å². The fourth-order valence-corrected chi connectivity index (χ4v) is 5.12. The Morgan fingerprint density at radius 1 is 0.878 bits per heavy atom. The van der Waals surface area contributed by atoms with E-state index in [4.69, 9.17) is 9.47 Å². The molecule has 0 saturated carbocycles. The molecule has 41 heavy (non-hydrogen) atoms. The number of carbonyl (C=O) groups excluding carboxylic acids is 2. The van der Waals surface area contributed by atoms with E-state index in [2.05, 4.69) is 5.32 Å². The van der Waals surface area contributed by atoms with Gasteiger partial charge in [0, 0.05) is 13.1 Å². The molecule has 0 spiro atoms. The Morgan fingerprint density at radius 3 is 2.05 bits per heavy atom. The van der Waals surface area contributed by atoms with Gasteiger partial charge in [0.1, 0.15) is 29.8 Å².